The number of fused-ring (bicyclic) bond motifs is 1. The summed E-state index contributed by atoms with van der Waals surface area (Å²) in [5.41, 5.74) is -0.0607. The molecule has 3 nitrogen and oxygen atoms in total. The fourth-order valence-electron chi connectivity index (χ4n) is 2.66. The van der Waals surface area contributed by atoms with Crippen LogP contribution >= 0.6 is 11.6 Å². The second-order valence-corrected chi connectivity index (χ2v) is 5.63. The number of amides is 1. The van der Waals surface area contributed by atoms with Crippen molar-refractivity contribution in [1.82, 2.24) is 0 Å². The smallest absolute Gasteiger partial charge is 0.416 e. The summed E-state index contributed by atoms with van der Waals surface area (Å²) < 4.78 is 43.6. The highest BCUT2D eigenvalue weighted by atomic mass is 35.5. The Kier molecular flexibility index (Phi) is 4.90. The van der Waals surface area contributed by atoms with Crippen LogP contribution in [0, 0.1) is 0 Å². The lowest BCUT2D eigenvalue weighted by Gasteiger charge is -2.38. The van der Waals surface area contributed by atoms with Gasteiger partial charge in [-0.2, -0.15) is 13.2 Å². The molecule has 2 atom stereocenters. The molecule has 2 rings (SSSR count). The summed E-state index contributed by atoms with van der Waals surface area (Å²) in [6.07, 6.45) is -3.96. The van der Waals surface area contributed by atoms with Crippen LogP contribution in [0.2, 0.25) is 0 Å². The Balaban J connectivity index is 2.49. The Morgan fingerprint density at radius 1 is 1.41 bits per heavy atom. The van der Waals surface area contributed by atoms with E-state index < -0.39 is 23.2 Å². The molecule has 0 aromatic heterocycles. The molecule has 0 bridgehead atoms. The van der Waals surface area contributed by atoms with Crippen LogP contribution in [0.15, 0.2) is 18.2 Å². The van der Waals surface area contributed by atoms with Gasteiger partial charge in [0.2, 0.25) is 0 Å². The van der Waals surface area contributed by atoms with E-state index >= 15 is 0 Å². The summed E-state index contributed by atoms with van der Waals surface area (Å²) in [5, 5.41) is -0.562. The normalized spacial score (nSPS) is 21.5. The molecule has 0 N–H and O–H groups in total. The lowest BCUT2D eigenvalue weighted by molar-refractivity contribution is -0.137. The molecule has 1 aromatic carbocycles. The van der Waals surface area contributed by atoms with Gasteiger partial charge in [0.05, 0.1) is 23.2 Å². The number of hydrogen-bond donors (Lipinski definition) is 0. The largest absolute Gasteiger partial charge is 0.449 e. The number of carbonyl (C=O) groups excluding carboxylic acids is 1. The minimum Gasteiger partial charge on any atom is -0.449 e. The molecular formula is C15H17ClF3NO2. The highest BCUT2D eigenvalue weighted by Crippen LogP contribution is 2.44. The Morgan fingerprint density at radius 2 is 2.09 bits per heavy atom. The zero-order valence-electron chi connectivity index (χ0n) is 12.3. The number of benzene rings is 1. The third kappa shape index (κ3) is 3.16. The van der Waals surface area contributed by atoms with E-state index in [0.717, 1.165) is 12.1 Å². The van der Waals surface area contributed by atoms with E-state index in [2.05, 4.69) is 0 Å². The van der Waals surface area contributed by atoms with Crippen LogP contribution in [0.1, 0.15) is 43.2 Å². The number of carbonyl (C=O) groups is 1. The van der Waals surface area contributed by atoms with E-state index in [1.807, 2.05) is 6.92 Å². The predicted octanol–water partition coefficient (Wildman–Crippen LogP) is 5.13. The van der Waals surface area contributed by atoms with Crippen molar-refractivity contribution >= 4 is 23.4 Å². The van der Waals surface area contributed by atoms with Crippen LogP contribution in [0.4, 0.5) is 23.7 Å². The van der Waals surface area contributed by atoms with Crippen LogP contribution in [0.25, 0.3) is 0 Å². The molecule has 0 saturated carbocycles. The lowest BCUT2D eigenvalue weighted by atomic mass is 9.92. The minimum atomic E-state index is -4.44. The van der Waals surface area contributed by atoms with Crippen molar-refractivity contribution in [3.05, 3.63) is 29.3 Å². The molecule has 1 heterocycles. The topological polar surface area (TPSA) is 29.5 Å². The van der Waals surface area contributed by atoms with E-state index in [1.54, 1.807) is 6.92 Å². The summed E-state index contributed by atoms with van der Waals surface area (Å²) in [6, 6.07) is 3.09. The first-order valence-corrected chi connectivity index (χ1v) is 7.54. The van der Waals surface area contributed by atoms with Gasteiger partial charge in [-0.15, -0.1) is 11.6 Å². The summed E-state index contributed by atoms with van der Waals surface area (Å²) >= 11 is 6.24. The van der Waals surface area contributed by atoms with Crippen molar-refractivity contribution in [2.75, 3.05) is 11.5 Å². The van der Waals surface area contributed by atoms with Crippen molar-refractivity contribution < 1.29 is 22.7 Å². The first kappa shape index (κ1) is 16.9. The lowest BCUT2D eigenvalue weighted by Crippen LogP contribution is -2.44. The van der Waals surface area contributed by atoms with Gasteiger partial charge >= 0.3 is 12.3 Å². The fraction of sp³-hybridized carbons (Fsp3) is 0.533. The monoisotopic (exact) mass is 335 g/mol. The number of rotatable bonds is 2. The molecule has 22 heavy (non-hydrogen) atoms. The van der Waals surface area contributed by atoms with Crippen LogP contribution in [-0.2, 0) is 10.9 Å². The molecule has 1 aliphatic heterocycles. The maximum atomic E-state index is 12.9. The second-order valence-electron chi connectivity index (χ2n) is 5.11. The molecule has 122 valence electrons. The quantitative estimate of drug-likeness (QED) is 0.701. The fourth-order valence-corrected chi connectivity index (χ4v) is 3.04. The first-order chi connectivity index (χ1) is 10.3. The molecule has 2 unspecified atom stereocenters. The Labute approximate surface area is 132 Å². The third-order valence-electron chi connectivity index (χ3n) is 3.73. The standard InChI is InChI=1S/C15H17ClF3NO2/c1-3-10-8-12(16)11-7-9(15(17,18)19)5-6-13(11)20(10)14(21)22-4-2/h5-7,10,12H,3-4,8H2,1-2H3. The zero-order valence-corrected chi connectivity index (χ0v) is 13.0. The van der Waals surface area contributed by atoms with Crippen molar-refractivity contribution in [1.29, 1.82) is 0 Å². The van der Waals surface area contributed by atoms with Gasteiger partial charge in [-0.25, -0.2) is 4.79 Å². The highest BCUT2D eigenvalue weighted by Gasteiger charge is 2.38. The second kappa shape index (κ2) is 6.36. The van der Waals surface area contributed by atoms with Gasteiger partial charge < -0.3 is 4.74 Å². The Hall–Kier alpha value is -1.43. The molecule has 0 aliphatic carbocycles. The van der Waals surface area contributed by atoms with Gasteiger partial charge in [-0.3, -0.25) is 4.90 Å². The van der Waals surface area contributed by atoms with Crippen LogP contribution in [0.5, 0.6) is 0 Å². The average molecular weight is 336 g/mol. The molecule has 0 spiro atoms. The highest BCUT2D eigenvalue weighted by molar-refractivity contribution is 6.21. The van der Waals surface area contributed by atoms with Crippen LogP contribution in [0.3, 0.4) is 0 Å². The van der Waals surface area contributed by atoms with Gasteiger partial charge in [0.25, 0.3) is 0 Å². The van der Waals surface area contributed by atoms with Gasteiger partial charge in [0.15, 0.2) is 0 Å². The summed E-state index contributed by atoms with van der Waals surface area (Å²) in [5.74, 6) is 0. The number of halogens is 4. The van der Waals surface area contributed by atoms with E-state index in [9.17, 15) is 18.0 Å². The molecule has 1 aromatic rings. The van der Waals surface area contributed by atoms with Crippen molar-refractivity contribution in [2.45, 2.75) is 44.3 Å². The minimum absolute atomic E-state index is 0.189. The number of hydrogen-bond acceptors (Lipinski definition) is 2. The molecule has 0 saturated heterocycles. The number of alkyl halides is 4. The maximum Gasteiger partial charge on any atom is 0.416 e. The van der Waals surface area contributed by atoms with Gasteiger partial charge in [-0.05, 0) is 43.5 Å². The predicted molar refractivity (Wildman–Crippen MR) is 78.2 cm³/mol. The molecular weight excluding hydrogens is 319 g/mol. The number of ether oxygens (including phenoxy) is 1. The molecule has 1 amide bonds. The number of nitrogens with zero attached hydrogens (tertiary/aromatic N) is 1. The Bertz CT molecular complexity index is 562. The molecule has 7 heteroatoms. The van der Waals surface area contributed by atoms with Gasteiger partial charge in [-0.1, -0.05) is 6.92 Å². The summed E-state index contributed by atoms with van der Waals surface area (Å²) in [7, 11) is 0. The number of anilines is 1. The Morgan fingerprint density at radius 3 is 2.64 bits per heavy atom. The van der Waals surface area contributed by atoms with Crippen LogP contribution < -0.4 is 4.90 Å². The summed E-state index contributed by atoms with van der Waals surface area (Å²) in [4.78, 5) is 13.6. The SMILES string of the molecule is CCOC(=O)N1c2ccc(C(F)(F)F)cc2C(Cl)CC1CC. The van der Waals surface area contributed by atoms with Crippen molar-refractivity contribution in [2.24, 2.45) is 0 Å². The molecule has 0 radical (unpaired) electrons. The third-order valence-corrected chi connectivity index (χ3v) is 4.15. The first-order valence-electron chi connectivity index (χ1n) is 7.10. The average Bonchev–Trinajstić information content (AvgIpc) is 2.45. The molecule has 1 aliphatic rings. The van der Waals surface area contributed by atoms with E-state index in [1.165, 1.54) is 11.0 Å². The van der Waals surface area contributed by atoms with E-state index in [0.29, 0.717) is 24.1 Å². The molecule has 0 fully saturated rings. The van der Waals surface area contributed by atoms with Crippen LogP contribution in [-0.4, -0.2) is 18.7 Å². The van der Waals surface area contributed by atoms with Gasteiger partial charge in [0, 0.05) is 6.04 Å². The van der Waals surface area contributed by atoms with Crippen molar-refractivity contribution in [3.8, 4) is 0 Å². The maximum absolute atomic E-state index is 12.9. The zero-order chi connectivity index (χ0) is 16.5. The van der Waals surface area contributed by atoms with E-state index in [-0.39, 0.29) is 12.6 Å². The van der Waals surface area contributed by atoms with Gasteiger partial charge in [0.1, 0.15) is 0 Å². The summed E-state index contributed by atoms with van der Waals surface area (Å²) in [6.45, 7) is 3.78. The van der Waals surface area contributed by atoms with Crippen molar-refractivity contribution in [3.63, 3.8) is 0 Å². The van der Waals surface area contributed by atoms with E-state index in [4.69, 9.17) is 16.3 Å².